The second-order valence-electron chi connectivity index (χ2n) is 6.69. The van der Waals surface area contributed by atoms with E-state index in [2.05, 4.69) is 31.0 Å². The summed E-state index contributed by atoms with van der Waals surface area (Å²) in [4.78, 5) is 17.0. The molecule has 0 spiro atoms. The number of amides is 1. The highest BCUT2D eigenvalue weighted by Gasteiger charge is 2.14. The Morgan fingerprint density at radius 2 is 1.84 bits per heavy atom. The van der Waals surface area contributed by atoms with E-state index < -0.39 is 0 Å². The van der Waals surface area contributed by atoms with Gasteiger partial charge in [-0.2, -0.15) is 5.10 Å². The zero-order valence-corrected chi connectivity index (χ0v) is 19.5. The molecule has 0 bridgehead atoms. The molecule has 0 atom stereocenters. The standard InChI is InChI=1S/C23H18BrClN4OS/c24-18-11-9-16(10-12-18)13-26-28-22(30)15-31-23-27-20-7-3-4-8-21(20)29(23)14-17-5-1-2-6-19(17)25/h1-13H,14-15H2,(H,28,30)/b26-13-. The summed E-state index contributed by atoms with van der Waals surface area (Å²) in [5.74, 6) is -0.00140. The lowest BCUT2D eigenvalue weighted by Gasteiger charge is -2.10. The van der Waals surface area contributed by atoms with Crippen LogP contribution in [0.4, 0.5) is 0 Å². The summed E-state index contributed by atoms with van der Waals surface area (Å²) in [7, 11) is 0. The van der Waals surface area contributed by atoms with Crippen molar-refractivity contribution in [3.63, 3.8) is 0 Å². The zero-order valence-electron chi connectivity index (χ0n) is 16.3. The first-order valence-electron chi connectivity index (χ1n) is 9.49. The van der Waals surface area contributed by atoms with E-state index in [-0.39, 0.29) is 11.7 Å². The molecular weight excluding hydrogens is 496 g/mol. The maximum Gasteiger partial charge on any atom is 0.250 e. The lowest BCUT2D eigenvalue weighted by Crippen LogP contribution is -2.20. The van der Waals surface area contributed by atoms with Crippen molar-refractivity contribution in [1.82, 2.24) is 15.0 Å². The van der Waals surface area contributed by atoms with Crippen LogP contribution in [-0.4, -0.2) is 27.4 Å². The van der Waals surface area contributed by atoms with Crippen molar-refractivity contribution in [3.05, 3.63) is 93.4 Å². The molecule has 0 radical (unpaired) electrons. The monoisotopic (exact) mass is 512 g/mol. The summed E-state index contributed by atoms with van der Waals surface area (Å²) in [6.07, 6.45) is 1.61. The van der Waals surface area contributed by atoms with Crippen LogP contribution in [0.2, 0.25) is 5.02 Å². The van der Waals surface area contributed by atoms with Gasteiger partial charge in [0, 0.05) is 9.50 Å². The smallest absolute Gasteiger partial charge is 0.250 e. The van der Waals surface area contributed by atoms with Crippen LogP contribution in [0, 0.1) is 0 Å². The van der Waals surface area contributed by atoms with Gasteiger partial charge in [0.05, 0.1) is 29.5 Å². The van der Waals surface area contributed by atoms with E-state index in [9.17, 15) is 4.79 Å². The SMILES string of the molecule is O=C(CSc1nc2ccccc2n1Cc1ccccc1Cl)N/N=C\c1ccc(Br)cc1. The van der Waals surface area contributed by atoms with Crippen molar-refractivity contribution in [2.24, 2.45) is 5.10 Å². The summed E-state index contributed by atoms with van der Waals surface area (Å²) < 4.78 is 3.07. The topological polar surface area (TPSA) is 59.3 Å². The van der Waals surface area contributed by atoms with Gasteiger partial charge in [-0.3, -0.25) is 4.79 Å². The molecule has 4 rings (SSSR count). The first-order valence-corrected chi connectivity index (χ1v) is 11.6. The molecule has 1 heterocycles. The minimum absolute atomic E-state index is 0.198. The number of fused-ring (bicyclic) bond motifs is 1. The molecular formula is C23H18BrClN4OS. The van der Waals surface area contributed by atoms with Crippen LogP contribution in [0.25, 0.3) is 11.0 Å². The molecule has 3 aromatic carbocycles. The number of nitrogens with one attached hydrogen (secondary N) is 1. The second kappa shape index (κ2) is 10.1. The molecule has 4 aromatic rings. The molecule has 5 nitrogen and oxygen atoms in total. The maximum atomic E-state index is 12.3. The number of nitrogens with zero attached hydrogens (tertiary/aromatic N) is 3. The number of halogens is 2. The first-order chi connectivity index (χ1) is 15.1. The van der Waals surface area contributed by atoms with E-state index in [1.54, 1.807) is 6.21 Å². The predicted molar refractivity (Wildman–Crippen MR) is 131 cm³/mol. The minimum Gasteiger partial charge on any atom is -0.314 e. The molecule has 0 fully saturated rings. The van der Waals surface area contributed by atoms with Crippen molar-refractivity contribution in [2.45, 2.75) is 11.7 Å². The van der Waals surface area contributed by atoms with E-state index in [1.165, 1.54) is 11.8 Å². The van der Waals surface area contributed by atoms with Gasteiger partial charge >= 0.3 is 0 Å². The molecule has 1 aromatic heterocycles. The molecule has 8 heteroatoms. The van der Waals surface area contributed by atoms with Crippen LogP contribution < -0.4 is 5.43 Å². The Balaban J connectivity index is 1.46. The number of benzene rings is 3. The van der Waals surface area contributed by atoms with E-state index in [0.717, 1.165) is 31.8 Å². The summed E-state index contributed by atoms with van der Waals surface area (Å²) >= 11 is 11.1. The molecule has 1 amide bonds. The Morgan fingerprint density at radius 1 is 1.10 bits per heavy atom. The van der Waals surface area contributed by atoms with Crippen LogP contribution >= 0.6 is 39.3 Å². The number of imidazole rings is 1. The highest BCUT2D eigenvalue weighted by atomic mass is 79.9. The third kappa shape index (κ3) is 5.55. The quantitative estimate of drug-likeness (QED) is 0.195. The number of carbonyl (C=O) groups excluding carboxylic acids is 1. The van der Waals surface area contributed by atoms with E-state index in [1.807, 2.05) is 72.8 Å². The number of rotatable bonds is 7. The molecule has 1 N–H and O–H groups in total. The Hall–Kier alpha value is -2.61. The van der Waals surface area contributed by atoms with E-state index in [4.69, 9.17) is 16.6 Å². The van der Waals surface area contributed by atoms with Gasteiger partial charge in [0.2, 0.25) is 0 Å². The number of thioether (sulfide) groups is 1. The van der Waals surface area contributed by atoms with Crippen molar-refractivity contribution in [2.75, 3.05) is 5.75 Å². The van der Waals surface area contributed by atoms with Crippen molar-refractivity contribution >= 4 is 62.4 Å². The van der Waals surface area contributed by atoms with Gasteiger partial charge in [-0.05, 0) is 41.5 Å². The average Bonchev–Trinajstić information content (AvgIpc) is 3.13. The van der Waals surface area contributed by atoms with Gasteiger partial charge in [0.15, 0.2) is 5.16 Å². The van der Waals surface area contributed by atoms with Gasteiger partial charge < -0.3 is 4.57 Å². The summed E-state index contributed by atoms with van der Waals surface area (Å²) in [6.45, 7) is 0.575. The Bertz CT molecular complexity index is 1240. The highest BCUT2D eigenvalue weighted by Crippen LogP contribution is 2.27. The third-order valence-corrected chi connectivity index (χ3v) is 6.38. The summed E-state index contributed by atoms with van der Waals surface area (Å²) in [6, 6.07) is 23.3. The lowest BCUT2D eigenvalue weighted by molar-refractivity contribution is -0.118. The van der Waals surface area contributed by atoms with Gasteiger partial charge in [0.25, 0.3) is 5.91 Å². The first kappa shape index (κ1) is 21.6. The fraction of sp³-hybridized carbons (Fsp3) is 0.0870. The van der Waals surface area contributed by atoms with Crippen molar-refractivity contribution in [3.8, 4) is 0 Å². The average molecular weight is 514 g/mol. The molecule has 0 saturated heterocycles. The van der Waals surface area contributed by atoms with Crippen LogP contribution in [-0.2, 0) is 11.3 Å². The molecule has 0 aliphatic rings. The Kier molecular flexibility index (Phi) is 7.06. The zero-order chi connectivity index (χ0) is 21.6. The normalized spacial score (nSPS) is 11.3. The summed E-state index contributed by atoms with van der Waals surface area (Å²) in [5.41, 5.74) is 6.35. The van der Waals surface area contributed by atoms with Crippen LogP contribution in [0.1, 0.15) is 11.1 Å². The molecule has 0 saturated carbocycles. The fourth-order valence-electron chi connectivity index (χ4n) is 3.00. The molecule has 31 heavy (non-hydrogen) atoms. The third-order valence-electron chi connectivity index (χ3n) is 4.51. The largest absolute Gasteiger partial charge is 0.314 e. The number of carbonyl (C=O) groups is 1. The van der Waals surface area contributed by atoms with Crippen LogP contribution in [0.5, 0.6) is 0 Å². The van der Waals surface area contributed by atoms with Crippen LogP contribution in [0.15, 0.2) is 87.5 Å². The number of hydrazone groups is 1. The molecule has 0 aliphatic heterocycles. The number of hydrogen-bond donors (Lipinski definition) is 1. The number of hydrogen-bond acceptors (Lipinski definition) is 4. The van der Waals surface area contributed by atoms with Gasteiger partial charge in [-0.15, -0.1) is 0 Å². The van der Waals surface area contributed by atoms with E-state index >= 15 is 0 Å². The second-order valence-corrected chi connectivity index (χ2v) is 8.96. The van der Waals surface area contributed by atoms with Crippen molar-refractivity contribution in [1.29, 1.82) is 0 Å². The van der Waals surface area contributed by atoms with Gasteiger partial charge in [-0.25, -0.2) is 10.4 Å². The summed E-state index contributed by atoms with van der Waals surface area (Å²) in [5, 5.41) is 5.49. The van der Waals surface area contributed by atoms with Gasteiger partial charge in [0.1, 0.15) is 0 Å². The van der Waals surface area contributed by atoms with Crippen molar-refractivity contribution < 1.29 is 4.79 Å². The number of para-hydroxylation sites is 2. The number of aromatic nitrogens is 2. The molecule has 156 valence electrons. The van der Waals surface area contributed by atoms with E-state index in [0.29, 0.717) is 11.6 Å². The molecule has 0 aliphatic carbocycles. The lowest BCUT2D eigenvalue weighted by atomic mass is 10.2. The maximum absolute atomic E-state index is 12.3. The highest BCUT2D eigenvalue weighted by molar-refractivity contribution is 9.10. The minimum atomic E-state index is -0.199. The van der Waals surface area contributed by atoms with Crippen LogP contribution in [0.3, 0.4) is 0 Å². The Labute approximate surface area is 197 Å². The Morgan fingerprint density at radius 3 is 2.65 bits per heavy atom. The van der Waals surface area contributed by atoms with Gasteiger partial charge in [-0.1, -0.05) is 81.8 Å². The predicted octanol–water partition coefficient (Wildman–Crippen LogP) is 5.74. The molecule has 0 unspecified atom stereocenters. The fourth-order valence-corrected chi connectivity index (χ4v) is 4.27.